The molecular weight excluding hydrogens is 182 g/mol. The number of carbonyl (C=O) groups excluding carboxylic acids is 2. The molecule has 0 spiro atoms. The van der Waals surface area contributed by atoms with E-state index in [2.05, 4.69) is 10.6 Å². The summed E-state index contributed by atoms with van der Waals surface area (Å²) in [6, 6.07) is -0.202. The first-order chi connectivity index (χ1) is 6.65. The highest BCUT2D eigenvalue weighted by molar-refractivity contribution is 6.00. The summed E-state index contributed by atoms with van der Waals surface area (Å²) in [5, 5.41) is 5.47. The number of nitrogens with zero attached hydrogens (tertiary/aromatic N) is 1. The fourth-order valence-electron chi connectivity index (χ4n) is 1.44. The lowest BCUT2D eigenvalue weighted by atomic mass is 10.2. The zero-order valence-corrected chi connectivity index (χ0v) is 8.67. The maximum atomic E-state index is 11.3. The van der Waals surface area contributed by atoms with Gasteiger partial charge in [0.1, 0.15) is 0 Å². The van der Waals surface area contributed by atoms with E-state index in [0.717, 1.165) is 19.6 Å². The highest BCUT2D eigenvalue weighted by atomic mass is 16.2. The van der Waals surface area contributed by atoms with E-state index in [1.54, 1.807) is 0 Å². The van der Waals surface area contributed by atoms with Crippen molar-refractivity contribution in [1.29, 1.82) is 0 Å². The summed E-state index contributed by atoms with van der Waals surface area (Å²) in [5.41, 5.74) is 0. The molecule has 1 aliphatic rings. The van der Waals surface area contributed by atoms with Crippen LogP contribution in [0.5, 0.6) is 0 Å². The van der Waals surface area contributed by atoms with Crippen LogP contribution in [0.1, 0.15) is 13.8 Å². The number of imide groups is 1. The van der Waals surface area contributed by atoms with Crippen molar-refractivity contribution < 1.29 is 9.59 Å². The Bertz CT molecular complexity index is 230. The number of amides is 2. The minimum Gasteiger partial charge on any atom is -0.316 e. The van der Waals surface area contributed by atoms with Gasteiger partial charge >= 0.3 is 0 Å². The Kier molecular flexibility index (Phi) is 4.03. The van der Waals surface area contributed by atoms with Gasteiger partial charge in [-0.1, -0.05) is 6.92 Å². The summed E-state index contributed by atoms with van der Waals surface area (Å²) in [6.07, 6.45) is 0. The molecule has 1 fully saturated rings. The first-order valence-electron chi connectivity index (χ1n) is 4.93. The molecular formula is C9H17N3O2. The number of rotatable bonds is 4. The normalized spacial score (nSPS) is 23.7. The maximum absolute atomic E-state index is 11.3. The zero-order chi connectivity index (χ0) is 10.6. The van der Waals surface area contributed by atoms with Crippen LogP contribution in [0.4, 0.5) is 0 Å². The predicted molar refractivity (Wildman–Crippen MR) is 52.7 cm³/mol. The third-order valence-electron chi connectivity index (χ3n) is 2.36. The van der Waals surface area contributed by atoms with E-state index in [4.69, 9.17) is 0 Å². The van der Waals surface area contributed by atoms with E-state index in [1.165, 1.54) is 0 Å². The fraction of sp³-hybridized carbons (Fsp3) is 0.778. The van der Waals surface area contributed by atoms with Crippen LogP contribution in [-0.2, 0) is 9.59 Å². The van der Waals surface area contributed by atoms with Crippen LogP contribution in [-0.4, -0.2) is 48.9 Å². The van der Waals surface area contributed by atoms with Crippen molar-refractivity contribution >= 4 is 11.8 Å². The molecule has 1 atom stereocenters. The molecule has 14 heavy (non-hydrogen) atoms. The van der Waals surface area contributed by atoms with E-state index < -0.39 is 0 Å². The van der Waals surface area contributed by atoms with Gasteiger partial charge < -0.3 is 5.32 Å². The number of carbonyl (C=O) groups is 2. The van der Waals surface area contributed by atoms with E-state index in [9.17, 15) is 9.59 Å². The third kappa shape index (κ3) is 2.78. The van der Waals surface area contributed by atoms with Crippen LogP contribution in [0.15, 0.2) is 0 Å². The van der Waals surface area contributed by atoms with Crippen LogP contribution in [0.2, 0.25) is 0 Å². The molecule has 1 saturated heterocycles. The van der Waals surface area contributed by atoms with Crippen LogP contribution >= 0.6 is 0 Å². The molecule has 1 unspecified atom stereocenters. The van der Waals surface area contributed by atoms with Gasteiger partial charge in [0.2, 0.25) is 11.8 Å². The minimum atomic E-state index is -0.204. The smallest absolute Gasteiger partial charge is 0.243 e. The number of likely N-dealkylation sites (N-methyl/N-ethyl adjacent to an activating group) is 1. The molecule has 80 valence electrons. The molecule has 2 amide bonds. The number of hydrogen-bond acceptors (Lipinski definition) is 4. The highest BCUT2D eigenvalue weighted by Crippen LogP contribution is 2.02. The molecule has 5 nitrogen and oxygen atoms in total. The first kappa shape index (κ1) is 11.1. The molecule has 5 heteroatoms. The van der Waals surface area contributed by atoms with Crippen LogP contribution < -0.4 is 10.6 Å². The molecule has 0 aromatic rings. The summed E-state index contributed by atoms with van der Waals surface area (Å²) in [5.74, 6) is -0.401. The monoisotopic (exact) mass is 199 g/mol. The largest absolute Gasteiger partial charge is 0.316 e. The second-order valence-corrected chi connectivity index (χ2v) is 3.41. The molecule has 1 aliphatic heterocycles. The van der Waals surface area contributed by atoms with Crippen molar-refractivity contribution in [2.24, 2.45) is 0 Å². The second-order valence-electron chi connectivity index (χ2n) is 3.41. The Balaban J connectivity index is 2.41. The SMILES string of the molecule is CCNCCN1CC(=O)NC(=O)C1C. The summed E-state index contributed by atoms with van der Waals surface area (Å²) in [4.78, 5) is 24.2. The van der Waals surface area contributed by atoms with Gasteiger partial charge in [-0.05, 0) is 13.5 Å². The third-order valence-corrected chi connectivity index (χ3v) is 2.36. The second kappa shape index (κ2) is 5.07. The molecule has 0 bridgehead atoms. The van der Waals surface area contributed by atoms with E-state index in [-0.39, 0.29) is 17.9 Å². The Labute approximate surface area is 83.8 Å². The topological polar surface area (TPSA) is 61.4 Å². The van der Waals surface area contributed by atoms with Gasteiger partial charge in [0.15, 0.2) is 0 Å². The molecule has 0 aliphatic carbocycles. The number of piperazine rings is 1. The molecule has 2 N–H and O–H groups in total. The lowest BCUT2D eigenvalue weighted by Gasteiger charge is -2.31. The highest BCUT2D eigenvalue weighted by Gasteiger charge is 2.29. The average Bonchev–Trinajstić information content (AvgIpc) is 2.13. The molecule has 1 heterocycles. The Hall–Kier alpha value is -0.940. The summed E-state index contributed by atoms with van der Waals surface area (Å²) >= 11 is 0. The quantitative estimate of drug-likeness (QED) is 0.448. The predicted octanol–water partition coefficient (Wildman–Crippen LogP) is -1.06. The van der Waals surface area contributed by atoms with Crippen molar-refractivity contribution in [3.8, 4) is 0 Å². The van der Waals surface area contributed by atoms with E-state index in [0.29, 0.717) is 6.54 Å². The van der Waals surface area contributed by atoms with Crippen molar-refractivity contribution in [3.05, 3.63) is 0 Å². The zero-order valence-electron chi connectivity index (χ0n) is 8.67. The minimum absolute atomic E-state index is 0.197. The summed E-state index contributed by atoms with van der Waals surface area (Å²) in [7, 11) is 0. The van der Waals surface area contributed by atoms with E-state index >= 15 is 0 Å². The molecule has 0 saturated carbocycles. The summed E-state index contributed by atoms with van der Waals surface area (Å²) in [6.45, 7) is 6.60. The fourth-order valence-corrected chi connectivity index (χ4v) is 1.44. The Morgan fingerprint density at radius 2 is 2.29 bits per heavy atom. The Morgan fingerprint density at radius 3 is 2.93 bits per heavy atom. The average molecular weight is 199 g/mol. The van der Waals surface area contributed by atoms with Crippen molar-refractivity contribution in [2.45, 2.75) is 19.9 Å². The lowest BCUT2D eigenvalue weighted by Crippen LogP contribution is -2.57. The van der Waals surface area contributed by atoms with Crippen LogP contribution in [0.3, 0.4) is 0 Å². The number of hydrogen-bond donors (Lipinski definition) is 2. The lowest BCUT2D eigenvalue weighted by molar-refractivity contribution is -0.139. The summed E-state index contributed by atoms with van der Waals surface area (Å²) < 4.78 is 0. The van der Waals surface area contributed by atoms with Gasteiger partial charge in [0.05, 0.1) is 12.6 Å². The van der Waals surface area contributed by atoms with Crippen molar-refractivity contribution in [2.75, 3.05) is 26.2 Å². The van der Waals surface area contributed by atoms with Crippen LogP contribution in [0.25, 0.3) is 0 Å². The first-order valence-corrected chi connectivity index (χ1v) is 4.93. The van der Waals surface area contributed by atoms with Gasteiger partial charge in [-0.25, -0.2) is 0 Å². The standard InChI is InChI=1S/C9H17N3O2/c1-3-10-4-5-12-6-8(13)11-9(14)7(12)2/h7,10H,3-6H2,1-2H3,(H,11,13,14). The van der Waals surface area contributed by atoms with Gasteiger partial charge in [0.25, 0.3) is 0 Å². The number of nitrogens with one attached hydrogen (secondary N) is 2. The molecule has 0 aromatic carbocycles. The molecule has 1 rings (SSSR count). The molecule has 0 radical (unpaired) electrons. The van der Waals surface area contributed by atoms with Gasteiger partial charge in [-0.15, -0.1) is 0 Å². The van der Waals surface area contributed by atoms with Gasteiger partial charge in [0, 0.05) is 13.1 Å². The van der Waals surface area contributed by atoms with Crippen LogP contribution in [0, 0.1) is 0 Å². The maximum Gasteiger partial charge on any atom is 0.243 e. The van der Waals surface area contributed by atoms with Crippen molar-refractivity contribution in [3.63, 3.8) is 0 Å². The van der Waals surface area contributed by atoms with Crippen molar-refractivity contribution in [1.82, 2.24) is 15.5 Å². The Morgan fingerprint density at radius 1 is 1.57 bits per heavy atom. The van der Waals surface area contributed by atoms with Gasteiger partial charge in [-0.2, -0.15) is 0 Å². The van der Waals surface area contributed by atoms with Gasteiger partial charge in [-0.3, -0.25) is 19.8 Å². The molecule has 0 aromatic heterocycles. The van der Waals surface area contributed by atoms with E-state index in [1.807, 2.05) is 18.7 Å².